The Kier molecular flexibility index (Phi) is 6.97. The average Bonchev–Trinajstić information content (AvgIpc) is 2.50. The number of rotatable bonds is 7. The van der Waals surface area contributed by atoms with Gasteiger partial charge in [0.2, 0.25) is 0 Å². The summed E-state index contributed by atoms with van der Waals surface area (Å²) in [6, 6.07) is 7.50. The topological polar surface area (TPSA) is 26.7 Å². The second kappa shape index (κ2) is 8.74. The van der Waals surface area contributed by atoms with Gasteiger partial charge in [0.05, 0.1) is 6.10 Å². The Morgan fingerprint density at radius 2 is 1.67 bits per heavy atom. The Labute approximate surface area is 133 Å². The highest BCUT2D eigenvalue weighted by Crippen LogP contribution is 2.18. The van der Waals surface area contributed by atoms with Crippen molar-refractivity contribution >= 4 is 11.6 Å². The average molecular weight is 311 g/mol. The Morgan fingerprint density at radius 3 is 2.29 bits per heavy atom. The summed E-state index contributed by atoms with van der Waals surface area (Å²) in [6.07, 6.45) is 3.50. The minimum Gasteiger partial charge on any atom is -0.387 e. The fraction of sp³-hybridized carbons (Fsp3) is 0.647. The van der Waals surface area contributed by atoms with Crippen molar-refractivity contribution in [2.45, 2.75) is 32.3 Å². The van der Waals surface area contributed by atoms with Crippen LogP contribution in [0.4, 0.5) is 0 Å². The number of aliphatic hydroxyl groups is 1. The highest BCUT2D eigenvalue weighted by Gasteiger charge is 2.19. The van der Waals surface area contributed by atoms with Crippen molar-refractivity contribution in [2.75, 3.05) is 39.3 Å². The monoisotopic (exact) mass is 310 g/mol. The quantitative estimate of drug-likeness (QED) is 0.784. The molecule has 1 aromatic carbocycles. The van der Waals surface area contributed by atoms with E-state index in [1.165, 1.54) is 25.8 Å². The lowest BCUT2D eigenvalue weighted by atomic mass is 10.1. The molecule has 1 atom stereocenters. The summed E-state index contributed by atoms with van der Waals surface area (Å²) < 4.78 is 0. The van der Waals surface area contributed by atoms with E-state index >= 15 is 0 Å². The molecule has 3 nitrogen and oxygen atoms in total. The third-order valence-corrected chi connectivity index (χ3v) is 4.48. The molecule has 1 heterocycles. The van der Waals surface area contributed by atoms with Gasteiger partial charge in [0.25, 0.3) is 0 Å². The molecule has 1 fully saturated rings. The van der Waals surface area contributed by atoms with Crippen molar-refractivity contribution in [1.29, 1.82) is 0 Å². The number of aliphatic hydroxyl groups excluding tert-OH is 1. The fourth-order valence-electron chi connectivity index (χ4n) is 2.82. The predicted molar refractivity (Wildman–Crippen MR) is 88.8 cm³/mol. The first-order chi connectivity index (χ1) is 10.2. The van der Waals surface area contributed by atoms with Gasteiger partial charge in [0.1, 0.15) is 0 Å². The molecule has 0 spiro atoms. The van der Waals surface area contributed by atoms with E-state index in [9.17, 15) is 5.11 Å². The number of hydrogen-bond acceptors (Lipinski definition) is 3. The maximum absolute atomic E-state index is 10.3. The standard InChI is InChI=1S/C17H27ClN2O/c1-2-3-4-9-19-10-12-20(13-11-19)14-17(21)15-5-7-16(18)8-6-15/h5-8,17,21H,2-4,9-14H2,1H3/t17-/m1/s1. The van der Waals surface area contributed by atoms with Crippen LogP contribution in [0.25, 0.3) is 0 Å². The second-order valence-corrected chi connectivity index (χ2v) is 6.35. The van der Waals surface area contributed by atoms with Gasteiger partial charge in [-0.1, -0.05) is 43.5 Å². The van der Waals surface area contributed by atoms with Crippen molar-refractivity contribution in [2.24, 2.45) is 0 Å². The summed E-state index contributed by atoms with van der Waals surface area (Å²) in [5, 5.41) is 11.0. The molecule has 21 heavy (non-hydrogen) atoms. The van der Waals surface area contributed by atoms with Crippen molar-refractivity contribution in [1.82, 2.24) is 9.80 Å². The van der Waals surface area contributed by atoms with Gasteiger partial charge < -0.3 is 10.0 Å². The lowest BCUT2D eigenvalue weighted by Crippen LogP contribution is -2.47. The van der Waals surface area contributed by atoms with E-state index in [2.05, 4.69) is 16.7 Å². The van der Waals surface area contributed by atoms with Gasteiger partial charge in [0.15, 0.2) is 0 Å². The molecular formula is C17H27ClN2O. The Bertz CT molecular complexity index is 402. The maximum Gasteiger partial charge on any atom is 0.0916 e. The fourth-order valence-corrected chi connectivity index (χ4v) is 2.94. The molecule has 2 rings (SSSR count). The van der Waals surface area contributed by atoms with Crippen LogP contribution >= 0.6 is 11.6 Å². The van der Waals surface area contributed by atoms with Crippen LogP contribution < -0.4 is 0 Å². The third-order valence-electron chi connectivity index (χ3n) is 4.23. The summed E-state index contributed by atoms with van der Waals surface area (Å²) in [5.74, 6) is 0. The van der Waals surface area contributed by atoms with E-state index in [1.807, 2.05) is 24.3 Å². The summed E-state index contributed by atoms with van der Waals surface area (Å²) in [4.78, 5) is 4.90. The van der Waals surface area contributed by atoms with Crippen molar-refractivity contribution in [3.05, 3.63) is 34.9 Å². The van der Waals surface area contributed by atoms with Crippen molar-refractivity contribution in [3.63, 3.8) is 0 Å². The van der Waals surface area contributed by atoms with E-state index in [0.29, 0.717) is 11.6 Å². The van der Waals surface area contributed by atoms with Gasteiger partial charge in [-0.3, -0.25) is 4.90 Å². The van der Waals surface area contributed by atoms with Gasteiger partial charge in [-0.05, 0) is 30.7 Å². The first kappa shape index (κ1) is 16.8. The van der Waals surface area contributed by atoms with Crippen LogP contribution in [0.15, 0.2) is 24.3 Å². The predicted octanol–water partition coefficient (Wildman–Crippen LogP) is 3.18. The minimum atomic E-state index is -0.422. The highest BCUT2D eigenvalue weighted by molar-refractivity contribution is 6.30. The molecule has 118 valence electrons. The zero-order valence-electron chi connectivity index (χ0n) is 13.0. The van der Waals surface area contributed by atoms with Gasteiger partial charge in [-0.25, -0.2) is 0 Å². The van der Waals surface area contributed by atoms with Crippen LogP contribution in [-0.4, -0.2) is 54.2 Å². The minimum absolute atomic E-state index is 0.422. The molecule has 0 unspecified atom stereocenters. The highest BCUT2D eigenvalue weighted by atomic mass is 35.5. The summed E-state index contributed by atoms with van der Waals surface area (Å²) in [6.45, 7) is 8.53. The van der Waals surface area contributed by atoms with Crippen LogP contribution in [0, 0.1) is 0 Å². The molecule has 1 aromatic rings. The number of β-amino-alcohol motifs (C(OH)–C–C–N with tert-alkyl or cyclic N) is 1. The molecule has 0 radical (unpaired) electrons. The normalized spacial score (nSPS) is 18.8. The molecule has 4 heteroatoms. The molecule has 0 bridgehead atoms. The van der Waals surface area contributed by atoms with E-state index in [4.69, 9.17) is 11.6 Å². The molecule has 1 N–H and O–H groups in total. The number of nitrogens with zero attached hydrogens (tertiary/aromatic N) is 2. The first-order valence-corrected chi connectivity index (χ1v) is 8.45. The van der Waals surface area contributed by atoms with Crippen LogP contribution in [-0.2, 0) is 0 Å². The zero-order valence-corrected chi connectivity index (χ0v) is 13.7. The molecule has 1 aliphatic heterocycles. The zero-order chi connectivity index (χ0) is 15.1. The van der Waals surface area contributed by atoms with Gasteiger partial charge >= 0.3 is 0 Å². The van der Waals surface area contributed by atoms with Gasteiger partial charge in [-0.15, -0.1) is 0 Å². The number of hydrogen-bond donors (Lipinski definition) is 1. The summed E-state index contributed by atoms with van der Waals surface area (Å²) >= 11 is 5.88. The Hall–Kier alpha value is -0.610. The third kappa shape index (κ3) is 5.59. The molecule has 1 aliphatic rings. The SMILES string of the molecule is CCCCCN1CCN(C[C@@H](O)c2ccc(Cl)cc2)CC1. The lowest BCUT2D eigenvalue weighted by Gasteiger charge is -2.35. The van der Waals surface area contributed by atoms with E-state index in [-0.39, 0.29) is 0 Å². The van der Waals surface area contributed by atoms with Crippen LogP contribution in [0.1, 0.15) is 37.9 Å². The molecule has 0 amide bonds. The van der Waals surface area contributed by atoms with E-state index < -0.39 is 6.10 Å². The number of halogens is 1. The van der Waals surface area contributed by atoms with Gasteiger partial charge in [-0.2, -0.15) is 0 Å². The lowest BCUT2D eigenvalue weighted by molar-refractivity contribution is 0.0720. The molecule has 0 aliphatic carbocycles. The smallest absolute Gasteiger partial charge is 0.0916 e. The van der Waals surface area contributed by atoms with Crippen LogP contribution in [0.5, 0.6) is 0 Å². The van der Waals surface area contributed by atoms with E-state index in [1.54, 1.807) is 0 Å². The van der Waals surface area contributed by atoms with Crippen LogP contribution in [0.3, 0.4) is 0 Å². The molecule has 1 saturated heterocycles. The first-order valence-electron chi connectivity index (χ1n) is 8.07. The number of piperazine rings is 1. The van der Waals surface area contributed by atoms with E-state index in [0.717, 1.165) is 31.7 Å². The molecular weight excluding hydrogens is 284 g/mol. The second-order valence-electron chi connectivity index (χ2n) is 5.92. The Morgan fingerprint density at radius 1 is 1.05 bits per heavy atom. The Balaban J connectivity index is 1.71. The maximum atomic E-state index is 10.3. The number of unbranched alkanes of at least 4 members (excludes halogenated alkanes) is 2. The molecule has 0 saturated carbocycles. The summed E-state index contributed by atoms with van der Waals surface area (Å²) in [7, 11) is 0. The summed E-state index contributed by atoms with van der Waals surface area (Å²) in [5.41, 5.74) is 0.949. The van der Waals surface area contributed by atoms with Crippen LogP contribution in [0.2, 0.25) is 5.02 Å². The molecule has 0 aromatic heterocycles. The van der Waals surface area contributed by atoms with Crippen molar-refractivity contribution < 1.29 is 5.11 Å². The largest absolute Gasteiger partial charge is 0.387 e. The van der Waals surface area contributed by atoms with Gasteiger partial charge in [0, 0.05) is 37.7 Å². The number of benzene rings is 1. The van der Waals surface area contributed by atoms with Crippen molar-refractivity contribution in [3.8, 4) is 0 Å².